The molecule has 0 bridgehead atoms. The summed E-state index contributed by atoms with van der Waals surface area (Å²) in [4.78, 5) is 41.6. The van der Waals surface area contributed by atoms with Crippen molar-refractivity contribution in [3.05, 3.63) is 55.7 Å². The summed E-state index contributed by atoms with van der Waals surface area (Å²) in [6.45, 7) is 4.47. The summed E-state index contributed by atoms with van der Waals surface area (Å²) in [6, 6.07) is 7.13. The molecule has 0 saturated carbocycles. The lowest BCUT2D eigenvalue weighted by atomic mass is 10.0. The first-order chi connectivity index (χ1) is 13.2. The summed E-state index contributed by atoms with van der Waals surface area (Å²) in [5.41, 5.74) is 5.55. The van der Waals surface area contributed by atoms with Gasteiger partial charge in [0.05, 0.1) is 16.8 Å². The van der Waals surface area contributed by atoms with E-state index in [0.717, 1.165) is 14.8 Å². The monoisotopic (exact) mass is 405 g/mol. The molecule has 28 heavy (non-hydrogen) atoms. The van der Waals surface area contributed by atoms with Gasteiger partial charge in [-0.3, -0.25) is 23.6 Å². The van der Waals surface area contributed by atoms with E-state index < -0.39 is 17.3 Å². The van der Waals surface area contributed by atoms with Crippen LogP contribution in [0.2, 0.25) is 5.02 Å². The van der Waals surface area contributed by atoms with Crippen LogP contribution >= 0.6 is 11.6 Å². The molecule has 1 fully saturated rings. The molecule has 2 N–H and O–H groups in total. The number of piperazine rings is 1. The number of ketones is 1. The maximum Gasteiger partial charge on any atom is 0.332 e. The van der Waals surface area contributed by atoms with Crippen molar-refractivity contribution in [2.45, 2.75) is 13.0 Å². The van der Waals surface area contributed by atoms with Crippen molar-refractivity contribution in [1.29, 1.82) is 0 Å². The minimum Gasteiger partial charge on any atom is -0.384 e. The predicted octanol–water partition coefficient (Wildman–Crippen LogP) is 0.713. The first-order valence-electron chi connectivity index (χ1n) is 9.07. The van der Waals surface area contributed by atoms with Gasteiger partial charge >= 0.3 is 5.69 Å². The molecule has 0 aliphatic carbocycles. The number of hydrogen-bond donors (Lipinski definition) is 1. The highest BCUT2D eigenvalue weighted by molar-refractivity contribution is 6.33. The summed E-state index contributed by atoms with van der Waals surface area (Å²) in [5.74, 6) is -0.473. The van der Waals surface area contributed by atoms with Gasteiger partial charge < -0.3 is 10.6 Å². The molecule has 9 heteroatoms. The Bertz CT molecular complexity index is 1020. The van der Waals surface area contributed by atoms with Crippen LogP contribution in [-0.2, 0) is 14.1 Å². The van der Waals surface area contributed by atoms with Crippen molar-refractivity contribution >= 4 is 28.9 Å². The van der Waals surface area contributed by atoms with Gasteiger partial charge in [0.2, 0.25) is 0 Å². The van der Waals surface area contributed by atoms with E-state index in [1.807, 2.05) is 29.2 Å². The number of carbonyl (C=O) groups excluding carboxylic acids is 1. The molecule has 3 rings (SSSR count). The molecule has 8 nitrogen and oxygen atoms in total. The average Bonchev–Trinajstić information content (AvgIpc) is 2.71. The zero-order valence-electron chi connectivity index (χ0n) is 16.2. The Hall–Kier alpha value is -2.58. The van der Waals surface area contributed by atoms with Crippen LogP contribution in [0.4, 0.5) is 11.5 Å². The van der Waals surface area contributed by atoms with E-state index in [4.69, 9.17) is 17.3 Å². The van der Waals surface area contributed by atoms with Gasteiger partial charge in [0, 0.05) is 40.3 Å². The molecular weight excluding hydrogens is 382 g/mol. The molecule has 1 atom stereocenters. The normalized spacial score (nSPS) is 16.2. The molecule has 0 spiro atoms. The van der Waals surface area contributed by atoms with Gasteiger partial charge in [-0.15, -0.1) is 0 Å². The van der Waals surface area contributed by atoms with E-state index in [2.05, 4.69) is 4.90 Å². The van der Waals surface area contributed by atoms with Gasteiger partial charge in [-0.25, -0.2) is 4.79 Å². The molecule has 2 aromatic rings. The maximum atomic E-state index is 13.0. The SMILES string of the molecule is CC(C(=O)c1c(N)n(C)c(=O)n(C)c1=O)N1CCN(c2ccccc2Cl)CC1. The van der Waals surface area contributed by atoms with Crippen molar-refractivity contribution in [2.75, 3.05) is 36.8 Å². The summed E-state index contributed by atoms with van der Waals surface area (Å²) in [6.07, 6.45) is 0. The number of anilines is 2. The lowest BCUT2D eigenvalue weighted by Crippen LogP contribution is -2.53. The number of rotatable bonds is 4. The number of hydrogen-bond acceptors (Lipinski definition) is 6. The Morgan fingerprint density at radius 2 is 1.68 bits per heavy atom. The molecule has 1 aromatic heterocycles. The number of Topliss-reactive ketones (excluding diaryl/α,β-unsaturated/α-hetero) is 1. The summed E-state index contributed by atoms with van der Waals surface area (Å²) >= 11 is 6.28. The second-order valence-electron chi connectivity index (χ2n) is 6.98. The third-order valence-corrected chi connectivity index (χ3v) is 5.71. The van der Waals surface area contributed by atoms with Crippen LogP contribution in [0.5, 0.6) is 0 Å². The summed E-state index contributed by atoms with van der Waals surface area (Å²) in [5, 5.41) is 0.696. The molecule has 0 radical (unpaired) electrons. The number of para-hydroxylation sites is 1. The number of nitrogens with zero attached hydrogens (tertiary/aromatic N) is 4. The first kappa shape index (κ1) is 20.2. The second-order valence-corrected chi connectivity index (χ2v) is 7.39. The smallest absolute Gasteiger partial charge is 0.332 e. The van der Waals surface area contributed by atoms with Crippen LogP contribution in [-0.4, -0.2) is 52.0 Å². The van der Waals surface area contributed by atoms with Gasteiger partial charge in [0.1, 0.15) is 11.4 Å². The number of nitrogens with two attached hydrogens (primary N) is 1. The molecule has 2 heterocycles. The zero-order chi connectivity index (χ0) is 20.6. The molecule has 0 amide bonds. The van der Waals surface area contributed by atoms with Gasteiger partial charge in [-0.05, 0) is 19.1 Å². The number of aromatic nitrogens is 2. The van der Waals surface area contributed by atoms with E-state index in [1.54, 1.807) is 6.92 Å². The van der Waals surface area contributed by atoms with E-state index in [0.29, 0.717) is 31.2 Å². The highest BCUT2D eigenvalue weighted by Gasteiger charge is 2.30. The third-order valence-electron chi connectivity index (χ3n) is 5.39. The molecule has 1 aliphatic rings. The number of halogens is 1. The molecular formula is C19H24ClN5O3. The fraction of sp³-hybridized carbons (Fsp3) is 0.421. The van der Waals surface area contributed by atoms with Crippen molar-refractivity contribution in [2.24, 2.45) is 14.1 Å². The molecule has 150 valence electrons. The fourth-order valence-corrected chi connectivity index (χ4v) is 3.78. The standard InChI is InChI=1S/C19H24ClN5O3/c1-12(16(26)15-17(21)22(2)19(28)23(3)18(15)27)24-8-10-25(11-9-24)14-7-5-4-6-13(14)20/h4-7,12H,8-11,21H2,1-3H3. The van der Waals surface area contributed by atoms with Crippen LogP contribution in [0.1, 0.15) is 17.3 Å². The lowest BCUT2D eigenvalue weighted by Gasteiger charge is -2.38. The highest BCUT2D eigenvalue weighted by Crippen LogP contribution is 2.26. The Labute approximate surface area is 167 Å². The Morgan fingerprint density at radius 1 is 1.07 bits per heavy atom. The second kappa shape index (κ2) is 7.81. The molecule has 1 aromatic carbocycles. The molecule has 1 aliphatic heterocycles. The zero-order valence-corrected chi connectivity index (χ0v) is 16.9. The first-order valence-corrected chi connectivity index (χ1v) is 9.45. The van der Waals surface area contributed by atoms with Crippen molar-refractivity contribution in [3.8, 4) is 0 Å². The van der Waals surface area contributed by atoms with Crippen LogP contribution in [0.3, 0.4) is 0 Å². The van der Waals surface area contributed by atoms with E-state index >= 15 is 0 Å². The van der Waals surface area contributed by atoms with Gasteiger partial charge in [0.15, 0.2) is 5.78 Å². The minimum absolute atomic E-state index is 0.0975. The topological polar surface area (TPSA) is 93.6 Å². The van der Waals surface area contributed by atoms with Gasteiger partial charge in [0.25, 0.3) is 5.56 Å². The van der Waals surface area contributed by atoms with Crippen molar-refractivity contribution in [1.82, 2.24) is 14.0 Å². The van der Waals surface area contributed by atoms with E-state index in [1.165, 1.54) is 14.1 Å². The average molecular weight is 406 g/mol. The summed E-state index contributed by atoms with van der Waals surface area (Å²) < 4.78 is 2.03. The number of carbonyl (C=O) groups is 1. The minimum atomic E-state index is -0.660. The summed E-state index contributed by atoms with van der Waals surface area (Å²) in [7, 11) is 2.79. The largest absolute Gasteiger partial charge is 0.384 e. The molecule has 1 saturated heterocycles. The van der Waals surface area contributed by atoms with Crippen molar-refractivity contribution in [3.63, 3.8) is 0 Å². The van der Waals surface area contributed by atoms with E-state index in [9.17, 15) is 14.4 Å². The quantitative estimate of drug-likeness (QED) is 0.753. The number of nitrogen functional groups attached to an aromatic ring is 1. The Balaban J connectivity index is 1.79. The van der Waals surface area contributed by atoms with Crippen molar-refractivity contribution < 1.29 is 4.79 Å². The van der Waals surface area contributed by atoms with Gasteiger partial charge in [-0.1, -0.05) is 23.7 Å². The Morgan fingerprint density at radius 3 is 2.29 bits per heavy atom. The van der Waals surface area contributed by atoms with Crippen LogP contribution in [0.15, 0.2) is 33.9 Å². The maximum absolute atomic E-state index is 13.0. The highest BCUT2D eigenvalue weighted by atomic mass is 35.5. The molecule has 1 unspecified atom stereocenters. The third kappa shape index (κ3) is 3.45. The van der Waals surface area contributed by atoms with Crippen LogP contribution in [0, 0.1) is 0 Å². The van der Waals surface area contributed by atoms with Crippen LogP contribution in [0.25, 0.3) is 0 Å². The van der Waals surface area contributed by atoms with E-state index in [-0.39, 0.29) is 17.2 Å². The number of benzene rings is 1. The predicted molar refractivity (Wildman–Crippen MR) is 110 cm³/mol. The Kier molecular flexibility index (Phi) is 5.62. The van der Waals surface area contributed by atoms with Gasteiger partial charge in [-0.2, -0.15) is 0 Å². The lowest BCUT2D eigenvalue weighted by molar-refractivity contribution is 0.0828. The fourth-order valence-electron chi connectivity index (χ4n) is 3.52. The van der Waals surface area contributed by atoms with Crippen LogP contribution < -0.4 is 21.9 Å².